The summed E-state index contributed by atoms with van der Waals surface area (Å²) >= 11 is 0. The first-order chi connectivity index (χ1) is 13.9. The quantitative estimate of drug-likeness (QED) is 0.654. The van der Waals surface area contributed by atoms with E-state index in [1.165, 1.54) is 24.0 Å². The van der Waals surface area contributed by atoms with Crippen LogP contribution in [-0.2, 0) is 11.2 Å². The van der Waals surface area contributed by atoms with Gasteiger partial charge in [-0.15, -0.1) is 0 Å². The predicted molar refractivity (Wildman–Crippen MR) is 116 cm³/mol. The molecule has 3 aliphatic carbocycles. The smallest absolute Gasteiger partial charge is 0.132 e. The molecule has 2 N–H and O–H groups in total. The normalized spacial score (nSPS) is 38.2. The first-order valence-electron chi connectivity index (χ1n) is 11.9. The molecule has 0 aromatic heterocycles. The summed E-state index contributed by atoms with van der Waals surface area (Å²) in [6, 6.07) is 6.01. The number of carbonyl (C=O) groups is 1. The van der Waals surface area contributed by atoms with Gasteiger partial charge in [-0.25, -0.2) is 0 Å². The first-order valence-corrected chi connectivity index (χ1v) is 11.9. The number of carbonyl (C=O) groups excluding carboxylic acids is 1. The molecule has 0 heterocycles. The summed E-state index contributed by atoms with van der Waals surface area (Å²) in [4.78, 5) is 11.9. The van der Waals surface area contributed by atoms with Gasteiger partial charge in [0.1, 0.15) is 11.5 Å². The van der Waals surface area contributed by atoms with E-state index in [0.717, 1.165) is 32.1 Å². The maximum atomic E-state index is 11.9. The number of aliphatic hydroxyl groups excluding tert-OH is 1. The highest BCUT2D eigenvalue weighted by atomic mass is 16.3. The Morgan fingerprint density at radius 3 is 2.72 bits per heavy atom. The zero-order valence-corrected chi connectivity index (χ0v) is 18.4. The van der Waals surface area contributed by atoms with E-state index in [-0.39, 0.29) is 17.4 Å². The number of aliphatic hydroxyl groups is 1. The molecular formula is C26H38O3. The third-order valence-electron chi connectivity index (χ3n) is 8.85. The molecule has 0 amide bonds. The largest absolute Gasteiger partial charge is 0.508 e. The van der Waals surface area contributed by atoms with Gasteiger partial charge in [-0.1, -0.05) is 39.7 Å². The van der Waals surface area contributed by atoms with Crippen LogP contribution in [0.5, 0.6) is 5.75 Å². The zero-order valence-electron chi connectivity index (χ0n) is 18.4. The molecule has 1 unspecified atom stereocenters. The summed E-state index contributed by atoms with van der Waals surface area (Å²) in [6.07, 6.45) is 8.53. The van der Waals surface area contributed by atoms with Crippen LogP contribution in [0.2, 0.25) is 0 Å². The highest BCUT2D eigenvalue weighted by Gasteiger charge is 2.59. The van der Waals surface area contributed by atoms with Crippen molar-refractivity contribution in [2.24, 2.45) is 29.1 Å². The number of aromatic hydroxyl groups is 1. The maximum Gasteiger partial charge on any atom is 0.132 e. The fourth-order valence-electron chi connectivity index (χ4n) is 7.38. The molecule has 1 aromatic rings. The summed E-state index contributed by atoms with van der Waals surface area (Å²) in [5, 5.41) is 21.3. The summed E-state index contributed by atoms with van der Waals surface area (Å²) in [5.41, 5.74) is 2.78. The molecule has 4 rings (SSSR count). The molecule has 3 nitrogen and oxygen atoms in total. The number of Topliss-reactive ketones (excluding diaryl/α,β-unsaturated/α-hetero) is 1. The lowest BCUT2D eigenvalue weighted by Gasteiger charge is -2.53. The molecule has 29 heavy (non-hydrogen) atoms. The summed E-state index contributed by atoms with van der Waals surface area (Å²) in [6.45, 7) is 6.54. The van der Waals surface area contributed by atoms with Crippen LogP contribution in [0.3, 0.4) is 0 Å². The average Bonchev–Trinajstić information content (AvgIpc) is 2.96. The molecule has 160 valence electrons. The van der Waals surface area contributed by atoms with Crippen LogP contribution in [0.15, 0.2) is 18.2 Å². The van der Waals surface area contributed by atoms with Crippen molar-refractivity contribution in [1.29, 1.82) is 0 Å². The van der Waals surface area contributed by atoms with E-state index in [1.54, 1.807) is 0 Å². The van der Waals surface area contributed by atoms with Gasteiger partial charge in [0, 0.05) is 12.8 Å². The molecule has 0 radical (unpaired) electrons. The minimum atomic E-state index is -0.276. The second kappa shape index (κ2) is 8.06. The van der Waals surface area contributed by atoms with E-state index in [9.17, 15) is 15.0 Å². The Bertz CT molecular complexity index is 756. The highest BCUT2D eigenvalue weighted by molar-refractivity contribution is 5.77. The second-order valence-corrected chi connectivity index (χ2v) is 10.3. The fourth-order valence-corrected chi connectivity index (χ4v) is 7.38. The Morgan fingerprint density at radius 1 is 1.21 bits per heavy atom. The molecule has 1 aromatic carbocycles. The van der Waals surface area contributed by atoms with E-state index >= 15 is 0 Å². The predicted octanol–water partition coefficient (Wildman–Crippen LogP) is 5.62. The van der Waals surface area contributed by atoms with Gasteiger partial charge in [-0.2, -0.15) is 0 Å². The van der Waals surface area contributed by atoms with Gasteiger partial charge in [0.15, 0.2) is 0 Å². The van der Waals surface area contributed by atoms with Gasteiger partial charge in [-0.05, 0) is 90.4 Å². The molecule has 3 aliphatic rings. The van der Waals surface area contributed by atoms with Crippen LogP contribution in [0, 0.1) is 29.1 Å². The van der Waals surface area contributed by atoms with Crippen molar-refractivity contribution in [3.63, 3.8) is 0 Å². The van der Waals surface area contributed by atoms with E-state index in [1.807, 2.05) is 19.1 Å². The SMILES string of the molecule is CCC[C@@H]1Cc2cc(O)ccc2C2CC[C@]3(C)[C@@H](O)[C@H](CCC(=O)CC)C[C@H]3[C@@H]21. The minimum absolute atomic E-state index is 0.0124. The average molecular weight is 399 g/mol. The Hall–Kier alpha value is -1.35. The number of phenols is 1. The van der Waals surface area contributed by atoms with Crippen LogP contribution >= 0.6 is 0 Å². The third kappa shape index (κ3) is 3.54. The van der Waals surface area contributed by atoms with Crippen molar-refractivity contribution < 1.29 is 15.0 Å². The van der Waals surface area contributed by atoms with Crippen molar-refractivity contribution in [2.75, 3.05) is 0 Å². The van der Waals surface area contributed by atoms with Crippen molar-refractivity contribution >= 4 is 5.78 Å². The Balaban J connectivity index is 1.64. The zero-order chi connectivity index (χ0) is 20.8. The number of phenolic OH excluding ortho intramolecular Hbond substituents is 1. The van der Waals surface area contributed by atoms with Crippen LogP contribution < -0.4 is 0 Å². The van der Waals surface area contributed by atoms with Crippen LogP contribution in [-0.4, -0.2) is 22.1 Å². The van der Waals surface area contributed by atoms with Gasteiger partial charge in [0.25, 0.3) is 0 Å². The maximum absolute atomic E-state index is 11.9. The number of rotatable bonds is 6. The minimum Gasteiger partial charge on any atom is -0.508 e. The monoisotopic (exact) mass is 398 g/mol. The van der Waals surface area contributed by atoms with Gasteiger partial charge >= 0.3 is 0 Å². The Morgan fingerprint density at radius 2 is 2.00 bits per heavy atom. The number of benzene rings is 1. The fraction of sp³-hybridized carbons (Fsp3) is 0.731. The Labute approximate surface area is 175 Å². The summed E-state index contributed by atoms with van der Waals surface area (Å²) < 4.78 is 0. The molecule has 2 saturated carbocycles. The van der Waals surface area contributed by atoms with Gasteiger partial charge < -0.3 is 10.2 Å². The van der Waals surface area contributed by atoms with E-state index in [0.29, 0.717) is 48.0 Å². The number of fused-ring (bicyclic) bond motifs is 5. The second-order valence-electron chi connectivity index (χ2n) is 10.3. The van der Waals surface area contributed by atoms with Crippen LogP contribution in [0.1, 0.15) is 89.2 Å². The van der Waals surface area contributed by atoms with Crippen molar-refractivity contribution in [2.45, 2.75) is 90.6 Å². The molecule has 3 heteroatoms. The molecule has 2 fully saturated rings. The third-order valence-corrected chi connectivity index (χ3v) is 8.85. The topological polar surface area (TPSA) is 57.5 Å². The van der Waals surface area contributed by atoms with Crippen molar-refractivity contribution in [3.05, 3.63) is 29.3 Å². The molecule has 7 atom stereocenters. The standard InChI is InChI=1S/C26H38O3/c1-4-6-16-13-18-14-20(28)9-10-21(18)22-11-12-26(3)23(24(16)22)15-17(25(26)29)7-8-19(27)5-2/h9-10,14,16-17,22-25,28-29H,4-8,11-13,15H2,1-3H3/t16-,17-,22?,23+,24-,25+,26+/m1/s1. The highest BCUT2D eigenvalue weighted by Crippen LogP contribution is 2.64. The summed E-state index contributed by atoms with van der Waals surface area (Å²) in [5.74, 6) is 3.32. The van der Waals surface area contributed by atoms with Gasteiger partial charge in [0.2, 0.25) is 0 Å². The number of ketones is 1. The summed E-state index contributed by atoms with van der Waals surface area (Å²) in [7, 11) is 0. The lowest BCUT2D eigenvalue weighted by atomic mass is 9.52. The number of hydrogen-bond donors (Lipinski definition) is 2. The van der Waals surface area contributed by atoms with Crippen LogP contribution in [0.4, 0.5) is 0 Å². The lowest BCUT2D eigenvalue weighted by molar-refractivity contribution is -0.119. The lowest BCUT2D eigenvalue weighted by Crippen LogP contribution is -2.47. The Kier molecular flexibility index (Phi) is 5.81. The molecule has 0 aliphatic heterocycles. The first kappa shape index (κ1) is 20.9. The van der Waals surface area contributed by atoms with Crippen LogP contribution in [0.25, 0.3) is 0 Å². The van der Waals surface area contributed by atoms with E-state index in [4.69, 9.17) is 0 Å². The van der Waals surface area contributed by atoms with E-state index < -0.39 is 0 Å². The van der Waals surface area contributed by atoms with Crippen molar-refractivity contribution in [1.82, 2.24) is 0 Å². The van der Waals surface area contributed by atoms with Crippen molar-refractivity contribution in [3.8, 4) is 5.75 Å². The number of hydrogen-bond acceptors (Lipinski definition) is 3. The molecular weight excluding hydrogens is 360 g/mol. The molecule has 0 saturated heterocycles. The molecule has 0 bridgehead atoms. The van der Waals surface area contributed by atoms with E-state index in [2.05, 4.69) is 19.9 Å². The van der Waals surface area contributed by atoms with Gasteiger partial charge in [0.05, 0.1) is 6.10 Å². The van der Waals surface area contributed by atoms with Gasteiger partial charge in [-0.3, -0.25) is 4.79 Å². The molecule has 0 spiro atoms.